The Kier molecular flexibility index (Phi) is 11.4. The fourth-order valence-corrected chi connectivity index (χ4v) is 2.92. The molecule has 2 unspecified atom stereocenters. The second-order valence-corrected chi connectivity index (χ2v) is 7.72. The molecule has 0 spiro atoms. The fraction of sp³-hybridized carbons (Fsp3) is 0.650. The van der Waals surface area contributed by atoms with E-state index in [9.17, 15) is 10.1 Å². The third-order valence-electron chi connectivity index (χ3n) is 4.71. The molecule has 2 atom stereocenters. The summed E-state index contributed by atoms with van der Waals surface area (Å²) in [6, 6.07) is 6.88. The van der Waals surface area contributed by atoms with E-state index >= 15 is 0 Å². The van der Waals surface area contributed by atoms with Gasteiger partial charge in [-0.05, 0) is 37.7 Å². The topological polar surface area (TPSA) is 88.8 Å². The van der Waals surface area contributed by atoms with Gasteiger partial charge in [0.1, 0.15) is 0 Å². The van der Waals surface area contributed by atoms with Gasteiger partial charge in [0.05, 0.1) is 18.1 Å². The zero-order valence-electron chi connectivity index (χ0n) is 17.0. The Morgan fingerprint density at radius 3 is 2.57 bits per heavy atom. The van der Waals surface area contributed by atoms with Gasteiger partial charge in [-0.25, -0.2) is 4.99 Å². The lowest BCUT2D eigenvalue weighted by Gasteiger charge is -2.20. The van der Waals surface area contributed by atoms with Crippen molar-refractivity contribution < 1.29 is 9.66 Å². The predicted octanol–water partition coefficient (Wildman–Crippen LogP) is 4.11. The average Bonchev–Trinajstić information content (AvgIpc) is 3.16. The molecule has 1 fully saturated rings. The van der Waals surface area contributed by atoms with E-state index in [1.54, 1.807) is 12.1 Å². The summed E-state index contributed by atoms with van der Waals surface area (Å²) in [5, 5.41) is 17.7. The van der Waals surface area contributed by atoms with Gasteiger partial charge in [-0.2, -0.15) is 0 Å². The molecule has 0 aromatic heterocycles. The Morgan fingerprint density at radius 2 is 2.00 bits per heavy atom. The largest absolute Gasteiger partial charge is 0.381 e. The van der Waals surface area contributed by atoms with Crippen LogP contribution in [0.3, 0.4) is 0 Å². The van der Waals surface area contributed by atoms with Crippen molar-refractivity contribution in [3.63, 3.8) is 0 Å². The lowest BCUT2D eigenvalue weighted by molar-refractivity contribution is -0.384. The van der Waals surface area contributed by atoms with Crippen LogP contribution in [0.2, 0.25) is 0 Å². The van der Waals surface area contributed by atoms with Gasteiger partial charge in [0.2, 0.25) is 0 Å². The molecule has 1 aromatic rings. The van der Waals surface area contributed by atoms with E-state index in [0.29, 0.717) is 24.4 Å². The third-order valence-corrected chi connectivity index (χ3v) is 4.71. The molecule has 1 heterocycles. The van der Waals surface area contributed by atoms with Gasteiger partial charge in [-0.15, -0.1) is 24.0 Å². The van der Waals surface area contributed by atoms with Crippen LogP contribution in [0.1, 0.15) is 45.6 Å². The lowest BCUT2D eigenvalue weighted by atomic mass is 10.0. The first kappa shape index (κ1) is 24.6. The molecule has 0 radical (unpaired) electrons. The summed E-state index contributed by atoms with van der Waals surface area (Å²) < 4.78 is 5.44. The van der Waals surface area contributed by atoms with Crippen LogP contribution in [0.5, 0.6) is 0 Å². The summed E-state index contributed by atoms with van der Waals surface area (Å²) >= 11 is 0. The molecule has 1 aromatic carbocycles. The molecule has 1 saturated heterocycles. The van der Waals surface area contributed by atoms with Crippen LogP contribution in [-0.4, -0.2) is 36.7 Å². The van der Waals surface area contributed by atoms with Crippen molar-refractivity contribution in [2.45, 2.75) is 52.6 Å². The molecule has 1 aliphatic rings. The maximum atomic E-state index is 10.8. The minimum atomic E-state index is -0.387. The molecule has 0 saturated carbocycles. The van der Waals surface area contributed by atoms with E-state index in [2.05, 4.69) is 36.4 Å². The quantitative estimate of drug-likeness (QED) is 0.174. The molecule has 7 nitrogen and oxygen atoms in total. The van der Waals surface area contributed by atoms with Gasteiger partial charge in [-0.3, -0.25) is 10.1 Å². The number of halogens is 1. The van der Waals surface area contributed by atoms with Crippen LogP contribution >= 0.6 is 24.0 Å². The highest BCUT2D eigenvalue weighted by atomic mass is 127. The van der Waals surface area contributed by atoms with Crippen LogP contribution in [0, 0.1) is 22.0 Å². The Balaban J connectivity index is 0.00000392. The smallest absolute Gasteiger partial charge is 0.269 e. The van der Waals surface area contributed by atoms with Crippen molar-refractivity contribution >= 4 is 35.6 Å². The average molecular weight is 504 g/mol. The summed E-state index contributed by atoms with van der Waals surface area (Å²) in [6.07, 6.45) is 3.33. The molecule has 2 rings (SSSR count). The van der Waals surface area contributed by atoms with Crippen molar-refractivity contribution in [1.82, 2.24) is 10.6 Å². The number of rotatable bonds is 9. The highest BCUT2D eigenvalue weighted by molar-refractivity contribution is 14.0. The highest BCUT2D eigenvalue weighted by Crippen LogP contribution is 2.13. The minimum Gasteiger partial charge on any atom is -0.381 e. The molecule has 1 aliphatic heterocycles. The van der Waals surface area contributed by atoms with E-state index in [1.165, 1.54) is 18.6 Å². The SMILES string of the molecule is CC(C)CCC(C)NC(=NCc1ccc([N+](=O)[O-])cc1)NCC1CCOC1.I. The second kappa shape index (κ2) is 12.9. The number of benzene rings is 1. The van der Waals surface area contributed by atoms with E-state index < -0.39 is 0 Å². The fourth-order valence-electron chi connectivity index (χ4n) is 2.92. The molecular formula is C20H33IN4O3. The van der Waals surface area contributed by atoms with Crippen LogP contribution in [0.4, 0.5) is 5.69 Å². The van der Waals surface area contributed by atoms with E-state index in [4.69, 9.17) is 4.74 Å². The number of guanidine groups is 1. The predicted molar refractivity (Wildman–Crippen MR) is 123 cm³/mol. The zero-order chi connectivity index (χ0) is 19.6. The number of hydrogen-bond acceptors (Lipinski definition) is 4. The lowest BCUT2D eigenvalue weighted by Crippen LogP contribution is -2.44. The van der Waals surface area contributed by atoms with Crippen LogP contribution < -0.4 is 10.6 Å². The summed E-state index contributed by atoms with van der Waals surface area (Å²) in [7, 11) is 0. The zero-order valence-corrected chi connectivity index (χ0v) is 19.3. The summed E-state index contributed by atoms with van der Waals surface area (Å²) in [6.45, 7) is 9.58. The first-order valence-electron chi connectivity index (χ1n) is 9.80. The van der Waals surface area contributed by atoms with Gasteiger partial charge in [-0.1, -0.05) is 26.0 Å². The van der Waals surface area contributed by atoms with Gasteiger partial charge in [0.25, 0.3) is 5.69 Å². The maximum absolute atomic E-state index is 10.8. The van der Waals surface area contributed by atoms with Crippen LogP contribution in [0.15, 0.2) is 29.3 Å². The summed E-state index contributed by atoms with van der Waals surface area (Å²) in [4.78, 5) is 15.1. The molecule has 0 bridgehead atoms. The standard InChI is InChI=1S/C20H32N4O3.HI/c1-15(2)4-5-16(3)23-20(22-13-18-10-11-27-14-18)21-12-17-6-8-19(9-7-17)24(25)26;/h6-9,15-16,18H,4-5,10-14H2,1-3H3,(H2,21,22,23);1H. The van der Waals surface area contributed by atoms with E-state index in [0.717, 1.165) is 44.1 Å². The molecular weight excluding hydrogens is 471 g/mol. The first-order valence-corrected chi connectivity index (χ1v) is 9.80. The summed E-state index contributed by atoms with van der Waals surface area (Å²) in [5.41, 5.74) is 1.04. The molecule has 158 valence electrons. The van der Waals surface area contributed by atoms with Gasteiger partial charge in [0.15, 0.2) is 5.96 Å². The Hall–Kier alpha value is -1.42. The molecule has 0 aliphatic carbocycles. The molecule has 8 heteroatoms. The minimum absolute atomic E-state index is 0. The number of ether oxygens (including phenoxy) is 1. The Morgan fingerprint density at radius 1 is 1.29 bits per heavy atom. The highest BCUT2D eigenvalue weighted by Gasteiger charge is 2.16. The van der Waals surface area contributed by atoms with Gasteiger partial charge in [0, 0.05) is 37.2 Å². The van der Waals surface area contributed by atoms with Crippen LogP contribution in [-0.2, 0) is 11.3 Å². The normalized spacial score (nSPS) is 17.9. The van der Waals surface area contributed by atoms with Gasteiger partial charge < -0.3 is 15.4 Å². The van der Waals surface area contributed by atoms with Crippen LogP contribution in [0.25, 0.3) is 0 Å². The summed E-state index contributed by atoms with van der Waals surface area (Å²) in [5.74, 6) is 1.98. The first-order chi connectivity index (χ1) is 12.9. The second-order valence-electron chi connectivity index (χ2n) is 7.72. The van der Waals surface area contributed by atoms with Crippen molar-refractivity contribution in [1.29, 1.82) is 0 Å². The van der Waals surface area contributed by atoms with Crippen molar-refractivity contribution in [3.8, 4) is 0 Å². The van der Waals surface area contributed by atoms with E-state index in [-0.39, 0.29) is 34.6 Å². The number of non-ortho nitro benzene ring substituents is 1. The monoisotopic (exact) mass is 504 g/mol. The Bertz CT molecular complexity index is 616. The Labute approximate surface area is 184 Å². The van der Waals surface area contributed by atoms with E-state index in [1.807, 2.05) is 0 Å². The van der Waals surface area contributed by atoms with Crippen molar-refractivity contribution in [3.05, 3.63) is 39.9 Å². The third kappa shape index (κ3) is 9.18. The van der Waals surface area contributed by atoms with Gasteiger partial charge >= 0.3 is 0 Å². The number of nitrogens with zero attached hydrogens (tertiary/aromatic N) is 2. The van der Waals surface area contributed by atoms with Crippen molar-refractivity contribution in [2.75, 3.05) is 19.8 Å². The molecule has 0 amide bonds. The van der Waals surface area contributed by atoms with Crippen molar-refractivity contribution in [2.24, 2.45) is 16.8 Å². The maximum Gasteiger partial charge on any atom is 0.269 e. The number of hydrogen-bond donors (Lipinski definition) is 2. The number of nitrogens with one attached hydrogen (secondary N) is 2. The number of nitro benzene ring substituents is 1. The number of nitro groups is 1. The number of aliphatic imine (C=N–C) groups is 1. The molecule has 2 N–H and O–H groups in total. The molecule has 28 heavy (non-hydrogen) atoms.